The van der Waals surface area contributed by atoms with Crippen LogP contribution in [-0.2, 0) is 0 Å². The van der Waals surface area contributed by atoms with Gasteiger partial charge < -0.3 is 5.32 Å². The molecule has 2 aromatic rings. The van der Waals surface area contributed by atoms with Crippen molar-refractivity contribution in [1.29, 1.82) is 0 Å². The number of nitrogens with one attached hydrogen (secondary N) is 1. The first-order valence-electron chi connectivity index (χ1n) is 7.35. The Morgan fingerprint density at radius 1 is 1.05 bits per heavy atom. The third-order valence-electron chi connectivity index (χ3n) is 3.65. The molecule has 108 valence electrons. The van der Waals surface area contributed by atoms with Gasteiger partial charge in [-0.2, -0.15) is 0 Å². The molecule has 0 spiro atoms. The molecule has 1 aliphatic rings. The zero-order chi connectivity index (χ0) is 14.7. The molecule has 1 heterocycles. The van der Waals surface area contributed by atoms with Gasteiger partial charge in [-0.1, -0.05) is 68.1 Å². The second-order valence-corrected chi connectivity index (χ2v) is 6.76. The molecule has 2 aromatic carbocycles. The van der Waals surface area contributed by atoms with Crippen LogP contribution in [0.2, 0.25) is 0 Å². The van der Waals surface area contributed by atoms with E-state index in [1.165, 1.54) is 11.1 Å². The van der Waals surface area contributed by atoms with Crippen LogP contribution in [0.3, 0.4) is 0 Å². The monoisotopic (exact) mass is 296 g/mol. The van der Waals surface area contributed by atoms with Crippen molar-refractivity contribution in [3.8, 4) is 0 Å². The molecular formula is C18H20N2S. The van der Waals surface area contributed by atoms with Gasteiger partial charge in [-0.3, -0.25) is 4.99 Å². The van der Waals surface area contributed by atoms with Crippen molar-refractivity contribution in [3.05, 3.63) is 65.7 Å². The first-order valence-corrected chi connectivity index (χ1v) is 8.23. The third kappa shape index (κ3) is 3.48. The van der Waals surface area contributed by atoms with Crippen LogP contribution < -0.4 is 5.32 Å². The van der Waals surface area contributed by atoms with Crippen LogP contribution in [-0.4, -0.2) is 11.7 Å². The molecule has 1 unspecified atom stereocenters. The van der Waals surface area contributed by atoms with E-state index in [4.69, 9.17) is 0 Å². The van der Waals surface area contributed by atoms with Gasteiger partial charge in [0.2, 0.25) is 0 Å². The van der Waals surface area contributed by atoms with Crippen molar-refractivity contribution < 1.29 is 0 Å². The van der Waals surface area contributed by atoms with Crippen LogP contribution in [0.5, 0.6) is 0 Å². The smallest absolute Gasteiger partial charge is 0.161 e. The fourth-order valence-electron chi connectivity index (χ4n) is 2.36. The Morgan fingerprint density at radius 3 is 2.43 bits per heavy atom. The maximum atomic E-state index is 4.61. The van der Waals surface area contributed by atoms with Crippen LogP contribution in [0.15, 0.2) is 59.6 Å². The topological polar surface area (TPSA) is 24.4 Å². The first kappa shape index (κ1) is 14.2. The molecule has 0 saturated heterocycles. The van der Waals surface area contributed by atoms with Crippen molar-refractivity contribution >= 4 is 22.6 Å². The van der Waals surface area contributed by atoms with Gasteiger partial charge in [0.05, 0.1) is 11.8 Å². The minimum atomic E-state index is 0.434. The standard InChI is InChI=1S/C18H20N2S/c1-13(2)14-8-10-16(11-9-14)20-18-19-12-17(21-18)15-6-4-3-5-7-15/h3-11,13,17H,12H2,1-2H3,(H,19,20). The van der Waals surface area contributed by atoms with E-state index >= 15 is 0 Å². The lowest BCUT2D eigenvalue weighted by Gasteiger charge is -2.10. The lowest BCUT2D eigenvalue weighted by Crippen LogP contribution is -2.05. The van der Waals surface area contributed by atoms with Crippen molar-refractivity contribution in [2.75, 3.05) is 11.9 Å². The summed E-state index contributed by atoms with van der Waals surface area (Å²) < 4.78 is 0. The summed E-state index contributed by atoms with van der Waals surface area (Å²) in [5.41, 5.74) is 3.82. The largest absolute Gasteiger partial charge is 0.335 e. The van der Waals surface area contributed by atoms with Crippen LogP contribution in [0.1, 0.15) is 36.1 Å². The first-order chi connectivity index (χ1) is 10.2. The highest BCUT2D eigenvalue weighted by Crippen LogP contribution is 2.35. The van der Waals surface area contributed by atoms with Crippen LogP contribution >= 0.6 is 11.8 Å². The molecule has 0 aliphatic carbocycles. The number of hydrogen-bond donors (Lipinski definition) is 1. The SMILES string of the molecule is CC(C)c1ccc(NC2=NCC(c3ccccc3)S2)cc1. The quantitative estimate of drug-likeness (QED) is 0.855. The maximum Gasteiger partial charge on any atom is 0.161 e. The molecule has 1 aliphatic heterocycles. The Hall–Kier alpha value is -1.74. The van der Waals surface area contributed by atoms with E-state index in [1.807, 2.05) is 11.8 Å². The number of anilines is 1. The molecule has 1 N–H and O–H groups in total. The zero-order valence-electron chi connectivity index (χ0n) is 12.4. The molecule has 3 heteroatoms. The summed E-state index contributed by atoms with van der Waals surface area (Å²) in [6, 6.07) is 19.2. The number of amidine groups is 1. The third-order valence-corrected chi connectivity index (χ3v) is 4.81. The molecule has 0 radical (unpaired) electrons. The van der Waals surface area contributed by atoms with Gasteiger partial charge in [-0.25, -0.2) is 0 Å². The number of benzene rings is 2. The summed E-state index contributed by atoms with van der Waals surface area (Å²) in [6.45, 7) is 5.27. The number of aliphatic imine (C=N–C) groups is 1. The molecule has 2 nitrogen and oxygen atoms in total. The number of hydrogen-bond acceptors (Lipinski definition) is 3. The van der Waals surface area contributed by atoms with Gasteiger partial charge in [-0.15, -0.1) is 0 Å². The van der Waals surface area contributed by atoms with E-state index in [2.05, 4.69) is 78.8 Å². The zero-order valence-corrected chi connectivity index (χ0v) is 13.2. The molecular weight excluding hydrogens is 276 g/mol. The Bertz CT molecular complexity index is 617. The number of rotatable bonds is 3. The average molecular weight is 296 g/mol. The van der Waals surface area contributed by atoms with E-state index < -0.39 is 0 Å². The van der Waals surface area contributed by atoms with Crippen molar-refractivity contribution in [2.45, 2.75) is 25.0 Å². The summed E-state index contributed by atoms with van der Waals surface area (Å²) in [7, 11) is 0. The Balaban J connectivity index is 1.62. The summed E-state index contributed by atoms with van der Waals surface area (Å²) in [5.74, 6) is 0.569. The molecule has 0 fully saturated rings. The minimum Gasteiger partial charge on any atom is -0.335 e. The lowest BCUT2D eigenvalue weighted by molar-refractivity contribution is 0.867. The van der Waals surface area contributed by atoms with Crippen LogP contribution in [0, 0.1) is 0 Å². The van der Waals surface area contributed by atoms with Gasteiger partial charge in [0.1, 0.15) is 0 Å². The molecule has 0 amide bonds. The summed E-state index contributed by atoms with van der Waals surface area (Å²) in [4.78, 5) is 4.61. The van der Waals surface area contributed by atoms with Gasteiger partial charge in [0.25, 0.3) is 0 Å². The lowest BCUT2D eigenvalue weighted by atomic mass is 10.0. The Labute approximate surface area is 130 Å². The fourth-order valence-corrected chi connectivity index (χ4v) is 3.40. The van der Waals surface area contributed by atoms with Gasteiger partial charge in [0.15, 0.2) is 5.17 Å². The molecule has 0 saturated carbocycles. The number of nitrogens with zero attached hydrogens (tertiary/aromatic N) is 1. The van der Waals surface area contributed by atoms with Gasteiger partial charge in [0, 0.05) is 5.69 Å². The van der Waals surface area contributed by atoms with Crippen molar-refractivity contribution in [3.63, 3.8) is 0 Å². The molecule has 21 heavy (non-hydrogen) atoms. The van der Waals surface area contributed by atoms with E-state index in [0.717, 1.165) is 17.4 Å². The second kappa shape index (κ2) is 6.35. The highest BCUT2D eigenvalue weighted by molar-refractivity contribution is 8.14. The normalized spacial score (nSPS) is 17.9. The summed E-state index contributed by atoms with van der Waals surface area (Å²) in [5, 5.41) is 4.87. The molecule has 0 bridgehead atoms. The molecule has 1 atom stereocenters. The van der Waals surface area contributed by atoms with E-state index in [9.17, 15) is 0 Å². The maximum absolute atomic E-state index is 4.61. The van der Waals surface area contributed by atoms with Crippen molar-refractivity contribution in [1.82, 2.24) is 0 Å². The predicted molar refractivity (Wildman–Crippen MR) is 93.2 cm³/mol. The van der Waals surface area contributed by atoms with Crippen molar-refractivity contribution in [2.24, 2.45) is 4.99 Å². The molecule has 3 rings (SSSR count). The van der Waals surface area contributed by atoms with E-state index in [-0.39, 0.29) is 0 Å². The minimum absolute atomic E-state index is 0.434. The highest BCUT2D eigenvalue weighted by Gasteiger charge is 2.21. The van der Waals surface area contributed by atoms with Gasteiger partial charge in [-0.05, 0) is 29.2 Å². The van der Waals surface area contributed by atoms with Gasteiger partial charge >= 0.3 is 0 Å². The average Bonchev–Trinajstić information content (AvgIpc) is 2.97. The van der Waals surface area contributed by atoms with Crippen LogP contribution in [0.25, 0.3) is 0 Å². The summed E-state index contributed by atoms with van der Waals surface area (Å²) >= 11 is 1.81. The Morgan fingerprint density at radius 2 is 1.76 bits per heavy atom. The van der Waals surface area contributed by atoms with E-state index in [1.54, 1.807) is 0 Å². The highest BCUT2D eigenvalue weighted by atomic mass is 32.2. The van der Waals surface area contributed by atoms with E-state index in [0.29, 0.717) is 11.2 Å². The predicted octanol–water partition coefficient (Wildman–Crippen LogP) is 5.07. The van der Waals surface area contributed by atoms with Crippen LogP contribution in [0.4, 0.5) is 5.69 Å². The Kier molecular flexibility index (Phi) is 4.30. The summed E-state index contributed by atoms with van der Waals surface area (Å²) in [6.07, 6.45) is 0. The second-order valence-electron chi connectivity index (χ2n) is 5.56. The fraction of sp³-hybridized carbons (Fsp3) is 0.278. The molecule has 0 aromatic heterocycles. The number of thioether (sulfide) groups is 1.